The molecule has 3 rings (SSSR count). The second-order valence-electron chi connectivity index (χ2n) is 6.42. The number of amides is 3. The quantitative estimate of drug-likeness (QED) is 0.717. The van der Waals surface area contributed by atoms with Gasteiger partial charge in [0, 0.05) is 38.3 Å². The van der Waals surface area contributed by atoms with Gasteiger partial charge in [-0.1, -0.05) is 11.3 Å². The maximum atomic E-state index is 13.0. The molecule has 1 saturated heterocycles. The number of hydrogen-bond donors (Lipinski definition) is 2. The zero-order chi connectivity index (χ0) is 19.9. The van der Waals surface area contributed by atoms with E-state index in [9.17, 15) is 14.0 Å². The molecule has 0 bridgehead atoms. The largest absolute Gasteiger partial charge is 0.383 e. The van der Waals surface area contributed by atoms with Crippen molar-refractivity contribution in [1.29, 1.82) is 0 Å². The minimum atomic E-state index is -0.389. The first kappa shape index (κ1) is 20.2. The molecule has 1 fully saturated rings. The highest BCUT2D eigenvalue weighted by molar-refractivity contribution is 7.13. The monoisotopic (exact) mass is 407 g/mol. The molecule has 0 aliphatic carbocycles. The fraction of sp³-hybridized carbons (Fsp3) is 0.444. The van der Waals surface area contributed by atoms with Crippen molar-refractivity contribution in [2.45, 2.75) is 18.8 Å². The standard InChI is InChI=1S/C18H22FN5O3S/c1-27-10-8-20-18(26)24-9-2-3-12(11-24)16-22-23-17(28-16)15(25)21-14-6-4-13(19)5-7-14/h4-7,12H,2-3,8-11H2,1H3,(H,20,26)(H,21,25)/t12-/m1/s1. The summed E-state index contributed by atoms with van der Waals surface area (Å²) in [5.41, 5.74) is 0.486. The van der Waals surface area contributed by atoms with Crippen molar-refractivity contribution in [2.75, 3.05) is 38.7 Å². The molecule has 2 aromatic rings. The molecule has 28 heavy (non-hydrogen) atoms. The van der Waals surface area contributed by atoms with Gasteiger partial charge in [-0.25, -0.2) is 9.18 Å². The van der Waals surface area contributed by atoms with E-state index in [0.717, 1.165) is 17.8 Å². The number of benzene rings is 1. The van der Waals surface area contributed by atoms with Crippen LogP contribution in [0.1, 0.15) is 33.6 Å². The number of nitrogens with one attached hydrogen (secondary N) is 2. The number of aromatic nitrogens is 2. The van der Waals surface area contributed by atoms with E-state index in [-0.39, 0.29) is 28.7 Å². The van der Waals surface area contributed by atoms with Gasteiger partial charge >= 0.3 is 6.03 Å². The third-order valence-electron chi connectivity index (χ3n) is 4.38. The molecule has 2 N–H and O–H groups in total. The molecule has 0 radical (unpaired) electrons. The van der Waals surface area contributed by atoms with Crippen molar-refractivity contribution in [3.8, 4) is 0 Å². The molecule has 0 unspecified atom stereocenters. The minimum absolute atomic E-state index is 0.0480. The third-order valence-corrected chi connectivity index (χ3v) is 5.46. The normalized spacial score (nSPS) is 16.6. The van der Waals surface area contributed by atoms with Crippen molar-refractivity contribution >= 4 is 29.0 Å². The van der Waals surface area contributed by atoms with E-state index in [0.29, 0.717) is 31.9 Å². The Morgan fingerprint density at radius 2 is 2.11 bits per heavy atom. The van der Waals surface area contributed by atoms with Gasteiger partial charge in [-0.2, -0.15) is 0 Å². The summed E-state index contributed by atoms with van der Waals surface area (Å²) in [6.07, 6.45) is 1.75. The lowest BCUT2D eigenvalue weighted by Crippen LogP contribution is -2.45. The molecule has 3 amide bonds. The van der Waals surface area contributed by atoms with Gasteiger partial charge in [-0.15, -0.1) is 10.2 Å². The molecule has 1 aromatic heterocycles. The number of anilines is 1. The second-order valence-corrected chi connectivity index (χ2v) is 7.43. The lowest BCUT2D eigenvalue weighted by atomic mass is 9.99. The molecule has 10 heteroatoms. The number of carbonyl (C=O) groups excluding carboxylic acids is 2. The number of rotatable bonds is 6. The summed E-state index contributed by atoms with van der Waals surface area (Å²) in [4.78, 5) is 26.3. The van der Waals surface area contributed by atoms with Gasteiger partial charge < -0.3 is 20.3 Å². The number of hydrogen-bond acceptors (Lipinski definition) is 6. The molecule has 1 aromatic carbocycles. The molecule has 150 valence electrons. The average molecular weight is 407 g/mol. The predicted octanol–water partition coefficient (Wildman–Crippen LogP) is 2.46. The highest BCUT2D eigenvalue weighted by Gasteiger charge is 2.28. The van der Waals surface area contributed by atoms with Crippen molar-refractivity contribution < 1.29 is 18.7 Å². The Balaban J connectivity index is 1.58. The molecule has 8 nitrogen and oxygen atoms in total. The number of halogens is 1. The number of piperidine rings is 1. The van der Waals surface area contributed by atoms with Crippen LogP contribution in [-0.2, 0) is 4.74 Å². The van der Waals surface area contributed by atoms with Crippen LogP contribution in [0.3, 0.4) is 0 Å². The van der Waals surface area contributed by atoms with Crippen LogP contribution in [0.15, 0.2) is 24.3 Å². The summed E-state index contributed by atoms with van der Waals surface area (Å²) >= 11 is 1.22. The smallest absolute Gasteiger partial charge is 0.317 e. The Hall–Kier alpha value is -2.59. The highest BCUT2D eigenvalue weighted by atomic mass is 32.1. The van der Waals surface area contributed by atoms with Crippen LogP contribution in [0.5, 0.6) is 0 Å². The topological polar surface area (TPSA) is 96.4 Å². The summed E-state index contributed by atoms with van der Waals surface area (Å²) in [6, 6.07) is 5.39. The lowest BCUT2D eigenvalue weighted by molar-refractivity contribution is 0.102. The summed E-state index contributed by atoms with van der Waals surface area (Å²) in [5.74, 6) is -0.712. The van der Waals surface area contributed by atoms with Crippen LogP contribution in [0.4, 0.5) is 14.9 Å². The second kappa shape index (κ2) is 9.56. The van der Waals surface area contributed by atoms with E-state index in [1.807, 2.05) is 0 Å². The molecular formula is C18H22FN5O3S. The average Bonchev–Trinajstić information content (AvgIpc) is 3.20. The Kier molecular flexibility index (Phi) is 6.88. The Morgan fingerprint density at radius 3 is 2.86 bits per heavy atom. The van der Waals surface area contributed by atoms with Crippen molar-refractivity contribution in [1.82, 2.24) is 20.4 Å². The van der Waals surface area contributed by atoms with E-state index in [2.05, 4.69) is 20.8 Å². The van der Waals surface area contributed by atoms with Gasteiger partial charge in [0.1, 0.15) is 10.8 Å². The zero-order valence-electron chi connectivity index (χ0n) is 15.5. The number of ether oxygens (including phenoxy) is 1. The first-order chi connectivity index (χ1) is 13.6. The molecule has 0 saturated carbocycles. The third kappa shape index (κ3) is 5.23. The molecule has 2 heterocycles. The summed E-state index contributed by atoms with van der Waals surface area (Å²) in [6.45, 7) is 2.15. The van der Waals surface area contributed by atoms with Crippen LogP contribution in [0, 0.1) is 5.82 Å². The molecule has 1 atom stereocenters. The van der Waals surface area contributed by atoms with Gasteiger partial charge in [-0.05, 0) is 37.1 Å². The first-order valence-corrected chi connectivity index (χ1v) is 9.80. The maximum Gasteiger partial charge on any atom is 0.317 e. The molecule has 0 spiro atoms. The highest BCUT2D eigenvalue weighted by Crippen LogP contribution is 2.29. The number of nitrogens with zero attached hydrogens (tertiary/aromatic N) is 3. The van der Waals surface area contributed by atoms with E-state index in [1.165, 1.54) is 35.6 Å². The number of urea groups is 1. The maximum absolute atomic E-state index is 13.0. The number of methoxy groups -OCH3 is 1. The van der Waals surface area contributed by atoms with Crippen LogP contribution >= 0.6 is 11.3 Å². The van der Waals surface area contributed by atoms with Crippen LogP contribution in [0.2, 0.25) is 0 Å². The first-order valence-electron chi connectivity index (χ1n) is 8.99. The van der Waals surface area contributed by atoms with Gasteiger partial charge in [0.15, 0.2) is 0 Å². The fourth-order valence-corrected chi connectivity index (χ4v) is 3.81. The van der Waals surface area contributed by atoms with Gasteiger partial charge in [0.25, 0.3) is 5.91 Å². The fourth-order valence-electron chi connectivity index (χ4n) is 2.94. The van der Waals surface area contributed by atoms with Gasteiger partial charge in [-0.3, -0.25) is 4.79 Å². The minimum Gasteiger partial charge on any atom is -0.383 e. The van der Waals surface area contributed by atoms with Gasteiger partial charge in [0.2, 0.25) is 5.01 Å². The summed E-state index contributed by atoms with van der Waals surface area (Å²) in [5, 5.41) is 14.6. The Labute approximate surface area is 166 Å². The number of likely N-dealkylation sites (tertiary alicyclic amines) is 1. The SMILES string of the molecule is COCCNC(=O)N1CCC[C@@H](c2nnc(C(=O)Nc3ccc(F)cc3)s2)C1. The van der Waals surface area contributed by atoms with E-state index >= 15 is 0 Å². The van der Waals surface area contributed by atoms with Crippen LogP contribution in [0.25, 0.3) is 0 Å². The van der Waals surface area contributed by atoms with E-state index in [4.69, 9.17) is 4.74 Å². The summed E-state index contributed by atoms with van der Waals surface area (Å²) < 4.78 is 17.9. The molecule has 1 aliphatic rings. The van der Waals surface area contributed by atoms with Crippen molar-refractivity contribution in [2.24, 2.45) is 0 Å². The Bertz CT molecular complexity index is 814. The predicted molar refractivity (Wildman–Crippen MR) is 103 cm³/mol. The van der Waals surface area contributed by atoms with Crippen molar-refractivity contribution in [3.63, 3.8) is 0 Å². The van der Waals surface area contributed by atoms with Crippen molar-refractivity contribution in [3.05, 3.63) is 40.1 Å². The summed E-state index contributed by atoms with van der Waals surface area (Å²) in [7, 11) is 1.59. The zero-order valence-corrected chi connectivity index (χ0v) is 16.3. The number of carbonyl (C=O) groups is 2. The molecule has 1 aliphatic heterocycles. The lowest BCUT2D eigenvalue weighted by Gasteiger charge is -2.31. The van der Waals surface area contributed by atoms with E-state index < -0.39 is 0 Å². The molecular weight excluding hydrogens is 385 g/mol. The Morgan fingerprint density at radius 1 is 1.32 bits per heavy atom. The van der Waals surface area contributed by atoms with E-state index in [1.54, 1.807) is 12.0 Å². The van der Waals surface area contributed by atoms with Crippen LogP contribution < -0.4 is 10.6 Å². The van der Waals surface area contributed by atoms with Gasteiger partial charge in [0.05, 0.1) is 6.61 Å². The van der Waals surface area contributed by atoms with Crippen LogP contribution in [-0.4, -0.2) is 60.4 Å².